The lowest BCUT2D eigenvalue weighted by Crippen LogP contribution is -2.23. The van der Waals surface area contributed by atoms with E-state index in [2.05, 4.69) is 28.5 Å². The molecule has 0 fully saturated rings. The number of aromatic nitrogens is 1. The van der Waals surface area contributed by atoms with Gasteiger partial charge in [0.25, 0.3) is 5.91 Å². The Bertz CT molecular complexity index is 796. The Kier molecular flexibility index (Phi) is 3.84. The number of hydrogen-bond donors (Lipinski definition) is 1. The minimum Gasteiger partial charge on any atom is -0.348 e. The first-order valence-corrected chi connectivity index (χ1v) is 6.98. The molecule has 1 aromatic heterocycles. The second kappa shape index (κ2) is 5.94. The Morgan fingerprint density at radius 3 is 2.76 bits per heavy atom. The zero-order chi connectivity index (χ0) is 14.7. The van der Waals surface area contributed by atoms with Gasteiger partial charge in [-0.25, -0.2) is 0 Å². The van der Waals surface area contributed by atoms with Crippen LogP contribution in [0.1, 0.15) is 15.9 Å². The van der Waals surface area contributed by atoms with Crippen molar-refractivity contribution in [3.8, 4) is 0 Å². The van der Waals surface area contributed by atoms with Crippen LogP contribution < -0.4 is 5.32 Å². The van der Waals surface area contributed by atoms with E-state index >= 15 is 0 Å². The van der Waals surface area contributed by atoms with Gasteiger partial charge in [-0.15, -0.1) is 0 Å². The number of rotatable bonds is 3. The molecule has 0 saturated carbocycles. The Balaban J connectivity index is 1.81. The van der Waals surface area contributed by atoms with Crippen LogP contribution in [0.25, 0.3) is 10.8 Å². The van der Waals surface area contributed by atoms with Crippen molar-refractivity contribution in [2.24, 2.45) is 0 Å². The fourth-order valence-electron chi connectivity index (χ4n) is 2.28. The third-order valence-corrected chi connectivity index (χ3v) is 3.64. The van der Waals surface area contributed by atoms with E-state index in [1.807, 2.05) is 24.3 Å². The molecule has 0 aliphatic heterocycles. The van der Waals surface area contributed by atoms with Crippen LogP contribution in [0, 0.1) is 0 Å². The van der Waals surface area contributed by atoms with Crippen molar-refractivity contribution in [3.63, 3.8) is 0 Å². The maximum absolute atomic E-state index is 12.2. The molecule has 1 heterocycles. The summed E-state index contributed by atoms with van der Waals surface area (Å²) in [5.41, 5.74) is 1.51. The lowest BCUT2D eigenvalue weighted by molar-refractivity contribution is 0.0951. The lowest BCUT2D eigenvalue weighted by Gasteiger charge is -2.09. The normalized spacial score (nSPS) is 10.5. The molecule has 3 aromatic rings. The van der Waals surface area contributed by atoms with Gasteiger partial charge in [0.05, 0.1) is 10.6 Å². The quantitative estimate of drug-likeness (QED) is 0.798. The van der Waals surface area contributed by atoms with Crippen molar-refractivity contribution in [2.75, 3.05) is 0 Å². The summed E-state index contributed by atoms with van der Waals surface area (Å²) in [7, 11) is 0. The first-order chi connectivity index (χ1) is 10.3. The molecule has 0 aliphatic rings. The number of fused-ring (bicyclic) bond motifs is 1. The van der Waals surface area contributed by atoms with E-state index in [1.165, 1.54) is 6.20 Å². The largest absolute Gasteiger partial charge is 0.348 e. The van der Waals surface area contributed by atoms with Crippen molar-refractivity contribution in [2.45, 2.75) is 6.54 Å². The molecular weight excluding hydrogens is 284 g/mol. The molecule has 21 heavy (non-hydrogen) atoms. The standard InChI is InChI=1S/C17H13ClN2O/c18-16-11-19-9-8-15(16)17(21)20-10-13-6-3-5-12-4-1-2-7-14(12)13/h1-9,11H,10H2,(H,20,21). The molecule has 0 atom stereocenters. The minimum atomic E-state index is -0.199. The monoisotopic (exact) mass is 296 g/mol. The van der Waals surface area contributed by atoms with Crippen LogP contribution in [0.2, 0.25) is 5.02 Å². The van der Waals surface area contributed by atoms with Crippen LogP contribution in [0.15, 0.2) is 60.9 Å². The fraction of sp³-hybridized carbons (Fsp3) is 0.0588. The van der Waals surface area contributed by atoms with E-state index in [1.54, 1.807) is 12.3 Å². The van der Waals surface area contributed by atoms with Crippen LogP contribution in [0.3, 0.4) is 0 Å². The van der Waals surface area contributed by atoms with Crippen molar-refractivity contribution >= 4 is 28.3 Å². The van der Waals surface area contributed by atoms with Crippen molar-refractivity contribution in [1.82, 2.24) is 10.3 Å². The summed E-state index contributed by atoms with van der Waals surface area (Å²) >= 11 is 5.97. The number of pyridine rings is 1. The number of hydrogen-bond acceptors (Lipinski definition) is 2. The summed E-state index contributed by atoms with van der Waals surface area (Å²) in [6.07, 6.45) is 3.02. The van der Waals surface area contributed by atoms with Gasteiger partial charge in [0, 0.05) is 18.9 Å². The molecule has 2 aromatic carbocycles. The van der Waals surface area contributed by atoms with Crippen molar-refractivity contribution in [1.29, 1.82) is 0 Å². The molecule has 0 bridgehead atoms. The lowest BCUT2D eigenvalue weighted by atomic mass is 10.0. The predicted octanol–water partition coefficient (Wildman–Crippen LogP) is 3.82. The van der Waals surface area contributed by atoms with E-state index in [4.69, 9.17) is 11.6 Å². The Labute approximate surface area is 127 Å². The average Bonchev–Trinajstić information content (AvgIpc) is 2.53. The highest BCUT2D eigenvalue weighted by Gasteiger charge is 2.10. The zero-order valence-corrected chi connectivity index (χ0v) is 12.0. The number of nitrogens with zero attached hydrogens (tertiary/aromatic N) is 1. The third-order valence-electron chi connectivity index (χ3n) is 3.34. The smallest absolute Gasteiger partial charge is 0.253 e. The molecule has 0 spiro atoms. The van der Waals surface area contributed by atoms with Gasteiger partial charge in [-0.2, -0.15) is 0 Å². The van der Waals surface area contributed by atoms with Crippen LogP contribution in [-0.4, -0.2) is 10.9 Å². The summed E-state index contributed by atoms with van der Waals surface area (Å²) in [5, 5.41) is 5.55. The van der Waals surface area contributed by atoms with E-state index < -0.39 is 0 Å². The molecule has 3 rings (SSSR count). The maximum atomic E-state index is 12.2. The molecule has 0 unspecified atom stereocenters. The van der Waals surface area contributed by atoms with Crippen LogP contribution in [-0.2, 0) is 6.54 Å². The SMILES string of the molecule is O=C(NCc1cccc2ccccc12)c1ccncc1Cl. The van der Waals surface area contributed by atoms with E-state index in [0.717, 1.165) is 16.3 Å². The number of halogens is 1. The summed E-state index contributed by atoms with van der Waals surface area (Å²) in [6.45, 7) is 0.457. The number of amides is 1. The van der Waals surface area contributed by atoms with Gasteiger partial charge < -0.3 is 5.32 Å². The first kappa shape index (κ1) is 13.6. The minimum absolute atomic E-state index is 0.199. The second-order valence-electron chi connectivity index (χ2n) is 4.68. The number of carbonyl (C=O) groups is 1. The number of nitrogens with one attached hydrogen (secondary N) is 1. The van der Waals surface area contributed by atoms with Crippen molar-refractivity contribution < 1.29 is 4.79 Å². The number of carbonyl (C=O) groups excluding carboxylic acids is 1. The van der Waals surface area contributed by atoms with E-state index in [-0.39, 0.29) is 5.91 Å². The fourth-order valence-corrected chi connectivity index (χ4v) is 2.48. The molecule has 1 amide bonds. The molecule has 1 N–H and O–H groups in total. The molecule has 0 radical (unpaired) electrons. The van der Waals surface area contributed by atoms with Gasteiger partial charge in [0.2, 0.25) is 0 Å². The van der Waals surface area contributed by atoms with Crippen molar-refractivity contribution in [3.05, 3.63) is 77.1 Å². The molecule has 4 heteroatoms. The molecular formula is C17H13ClN2O. The van der Waals surface area contributed by atoms with E-state index in [0.29, 0.717) is 17.1 Å². The van der Waals surface area contributed by atoms with Gasteiger partial charge in [0.15, 0.2) is 0 Å². The summed E-state index contributed by atoms with van der Waals surface area (Å²) < 4.78 is 0. The van der Waals surface area contributed by atoms with Gasteiger partial charge >= 0.3 is 0 Å². The highest BCUT2D eigenvalue weighted by molar-refractivity contribution is 6.33. The molecule has 0 saturated heterocycles. The zero-order valence-electron chi connectivity index (χ0n) is 11.2. The molecule has 3 nitrogen and oxygen atoms in total. The third kappa shape index (κ3) is 2.88. The Morgan fingerprint density at radius 2 is 1.90 bits per heavy atom. The summed E-state index contributed by atoms with van der Waals surface area (Å²) in [6, 6.07) is 15.8. The van der Waals surface area contributed by atoms with Gasteiger partial charge in [-0.1, -0.05) is 54.1 Å². The van der Waals surface area contributed by atoms with Crippen LogP contribution in [0.4, 0.5) is 0 Å². The second-order valence-corrected chi connectivity index (χ2v) is 5.08. The van der Waals surface area contributed by atoms with Gasteiger partial charge in [-0.3, -0.25) is 9.78 Å². The van der Waals surface area contributed by atoms with Crippen LogP contribution in [0.5, 0.6) is 0 Å². The summed E-state index contributed by atoms with van der Waals surface area (Å²) in [4.78, 5) is 16.0. The van der Waals surface area contributed by atoms with Gasteiger partial charge in [-0.05, 0) is 22.4 Å². The molecule has 0 aliphatic carbocycles. The summed E-state index contributed by atoms with van der Waals surface area (Å²) in [5.74, 6) is -0.199. The Morgan fingerprint density at radius 1 is 1.10 bits per heavy atom. The topological polar surface area (TPSA) is 42.0 Å². The average molecular weight is 297 g/mol. The highest BCUT2D eigenvalue weighted by atomic mass is 35.5. The van der Waals surface area contributed by atoms with E-state index in [9.17, 15) is 4.79 Å². The molecule has 104 valence electrons. The predicted molar refractivity (Wildman–Crippen MR) is 84.4 cm³/mol. The highest BCUT2D eigenvalue weighted by Crippen LogP contribution is 2.19. The van der Waals surface area contributed by atoms with Crippen LogP contribution >= 0.6 is 11.6 Å². The first-order valence-electron chi connectivity index (χ1n) is 6.60. The Hall–Kier alpha value is -2.39. The number of benzene rings is 2. The maximum Gasteiger partial charge on any atom is 0.253 e. The van der Waals surface area contributed by atoms with Gasteiger partial charge in [0.1, 0.15) is 0 Å².